The monoisotopic (exact) mass is 686 g/mol. The molecule has 16 nitrogen and oxygen atoms in total. The van der Waals surface area contributed by atoms with Crippen LogP contribution in [-0.4, -0.2) is 121 Å². The predicted octanol–water partition coefficient (Wildman–Crippen LogP) is -0.239. The zero-order chi connectivity index (χ0) is 35.0. The van der Waals surface area contributed by atoms with Crippen molar-refractivity contribution in [1.82, 2.24) is 0 Å². The molecule has 1 saturated carbocycles. The highest BCUT2D eigenvalue weighted by molar-refractivity contribution is 5.88. The van der Waals surface area contributed by atoms with Gasteiger partial charge in [0.15, 0.2) is 29.3 Å². The van der Waals surface area contributed by atoms with Crippen LogP contribution in [0.2, 0.25) is 0 Å². The summed E-state index contributed by atoms with van der Waals surface area (Å²) < 4.78 is 34.0. The fraction of sp³-hybridized carbons (Fsp3) is 0.394. The molecule has 1 aliphatic carbocycles. The number of epoxide rings is 1. The van der Waals surface area contributed by atoms with Gasteiger partial charge in [-0.05, 0) is 53.6 Å². The Kier molecular flexibility index (Phi) is 9.54. The summed E-state index contributed by atoms with van der Waals surface area (Å²) >= 11 is 0. The molecule has 2 saturated heterocycles. The summed E-state index contributed by atoms with van der Waals surface area (Å²) in [6, 6.07) is 7.88. The van der Waals surface area contributed by atoms with Crippen molar-refractivity contribution in [2.45, 2.75) is 54.8 Å². The minimum absolute atomic E-state index is 0.319. The molecule has 8 N–H and O–H groups in total. The highest BCUT2D eigenvalue weighted by atomic mass is 16.8. The highest BCUT2D eigenvalue weighted by Gasteiger charge is 2.77. The number of hydrogen-bond donors (Lipinski definition) is 8. The SMILES string of the molecule is O=C(C=Cc1ccc(O)c(O)c1)OCC1OC(OC2OC=CC3C(OC(=O)C=Cc4ccc(O)c(O)c4)C4OC4(CO)C23)C(O)C(O)C1O. The molecule has 2 aromatic rings. The molecule has 262 valence electrons. The molecule has 11 unspecified atom stereocenters. The summed E-state index contributed by atoms with van der Waals surface area (Å²) in [6.45, 7) is -1.06. The molecule has 0 radical (unpaired) electrons. The van der Waals surface area contributed by atoms with Crippen LogP contribution in [0.1, 0.15) is 11.1 Å². The lowest BCUT2D eigenvalue weighted by Gasteiger charge is -2.43. The van der Waals surface area contributed by atoms with E-state index in [-0.39, 0.29) is 23.0 Å². The largest absolute Gasteiger partial charge is 0.504 e. The van der Waals surface area contributed by atoms with Crippen molar-refractivity contribution in [2.75, 3.05) is 13.2 Å². The van der Waals surface area contributed by atoms with E-state index >= 15 is 0 Å². The Balaban J connectivity index is 1.09. The molecule has 4 aliphatic rings. The number of fused-ring (bicyclic) bond motifs is 3. The number of hydrogen-bond acceptors (Lipinski definition) is 16. The zero-order valence-electron chi connectivity index (χ0n) is 25.5. The van der Waals surface area contributed by atoms with Crippen LogP contribution in [0.4, 0.5) is 0 Å². The Morgan fingerprint density at radius 2 is 1.45 bits per heavy atom. The van der Waals surface area contributed by atoms with E-state index in [4.69, 9.17) is 28.4 Å². The first-order valence-electron chi connectivity index (χ1n) is 15.2. The van der Waals surface area contributed by atoms with Crippen LogP contribution in [0, 0.1) is 11.8 Å². The minimum atomic E-state index is -1.79. The van der Waals surface area contributed by atoms with Gasteiger partial charge >= 0.3 is 11.9 Å². The minimum Gasteiger partial charge on any atom is -0.504 e. The zero-order valence-corrected chi connectivity index (χ0v) is 25.5. The van der Waals surface area contributed by atoms with Gasteiger partial charge in [-0.25, -0.2) is 9.59 Å². The fourth-order valence-corrected chi connectivity index (χ4v) is 6.28. The number of aliphatic hydroxyl groups is 4. The number of phenolic OH excluding ortho intramolecular Hbond substituents is 4. The maximum Gasteiger partial charge on any atom is 0.331 e. The van der Waals surface area contributed by atoms with Crippen molar-refractivity contribution in [1.29, 1.82) is 0 Å². The average Bonchev–Trinajstić information content (AvgIpc) is 3.76. The number of carbonyl (C=O) groups is 2. The normalized spacial score (nSPS) is 34.7. The molecule has 3 aliphatic heterocycles. The van der Waals surface area contributed by atoms with E-state index in [9.17, 15) is 50.4 Å². The molecule has 6 rings (SSSR count). The van der Waals surface area contributed by atoms with Crippen LogP contribution < -0.4 is 0 Å². The van der Waals surface area contributed by atoms with Crippen molar-refractivity contribution in [3.63, 3.8) is 0 Å². The van der Waals surface area contributed by atoms with Crippen LogP contribution in [-0.2, 0) is 38.0 Å². The lowest BCUT2D eigenvalue weighted by atomic mass is 9.85. The van der Waals surface area contributed by atoms with Crippen LogP contribution in [0.25, 0.3) is 12.2 Å². The lowest BCUT2D eigenvalue weighted by Crippen LogP contribution is -2.60. The van der Waals surface area contributed by atoms with Gasteiger partial charge in [-0.3, -0.25) is 0 Å². The number of aromatic hydroxyl groups is 4. The Bertz CT molecular complexity index is 1650. The van der Waals surface area contributed by atoms with Gasteiger partial charge in [0.2, 0.25) is 6.29 Å². The van der Waals surface area contributed by atoms with Crippen LogP contribution >= 0.6 is 0 Å². The van der Waals surface area contributed by atoms with E-state index in [2.05, 4.69) is 0 Å². The highest BCUT2D eigenvalue weighted by Crippen LogP contribution is 2.60. The topological polar surface area (TPSA) is 255 Å². The Morgan fingerprint density at radius 1 is 0.816 bits per heavy atom. The van der Waals surface area contributed by atoms with Crippen molar-refractivity contribution in [3.05, 3.63) is 72.0 Å². The second-order valence-electron chi connectivity index (χ2n) is 11.9. The molecule has 3 heterocycles. The quantitative estimate of drug-likeness (QED) is 0.0695. The second-order valence-corrected chi connectivity index (χ2v) is 11.9. The van der Waals surface area contributed by atoms with Crippen molar-refractivity contribution in [3.8, 4) is 23.0 Å². The molecule has 49 heavy (non-hydrogen) atoms. The fourth-order valence-electron chi connectivity index (χ4n) is 6.28. The van der Waals surface area contributed by atoms with E-state index in [1.807, 2.05) is 0 Å². The first-order valence-corrected chi connectivity index (χ1v) is 15.2. The number of carbonyl (C=O) groups excluding carboxylic acids is 2. The number of ether oxygens (including phenoxy) is 6. The van der Waals surface area contributed by atoms with Gasteiger partial charge in [0.05, 0.1) is 18.8 Å². The van der Waals surface area contributed by atoms with E-state index in [1.54, 1.807) is 6.08 Å². The van der Waals surface area contributed by atoms with E-state index in [0.29, 0.717) is 11.1 Å². The molecule has 0 bridgehead atoms. The number of phenols is 4. The summed E-state index contributed by atoms with van der Waals surface area (Å²) in [7, 11) is 0. The summed E-state index contributed by atoms with van der Waals surface area (Å²) in [6.07, 6.45) is -3.38. The van der Waals surface area contributed by atoms with Crippen LogP contribution in [0.5, 0.6) is 23.0 Å². The Morgan fingerprint density at radius 3 is 2.06 bits per heavy atom. The predicted molar refractivity (Wildman–Crippen MR) is 162 cm³/mol. The molecule has 0 spiro atoms. The molecular weight excluding hydrogens is 652 g/mol. The van der Waals surface area contributed by atoms with E-state index in [1.165, 1.54) is 54.8 Å². The van der Waals surface area contributed by atoms with Gasteiger partial charge in [0, 0.05) is 18.1 Å². The van der Waals surface area contributed by atoms with Crippen LogP contribution in [0.3, 0.4) is 0 Å². The molecule has 0 aromatic heterocycles. The van der Waals surface area contributed by atoms with Gasteiger partial charge in [0.25, 0.3) is 0 Å². The third-order valence-electron chi connectivity index (χ3n) is 8.88. The van der Waals surface area contributed by atoms with Gasteiger partial charge in [0.1, 0.15) is 48.8 Å². The van der Waals surface area contributed by atoms with E-state index in [0.717, 1.165) is 12.2 Å². The Labute approximate surface area is 277 Å². The lowest BCUT2D eigenvalue weighted by molar-refractivity contribution is -0.344. The third-order valence-corrected chi connectivity index (χ3v) is 8.88. The standard InChI is InChI=1S/C33H34O16/c34-14-33-25-17(29(30(33)49-33)47-24(40)8-4-16-2-6-19(36)21(38)12-16)9-10-44-31(25)48-32-28(43)27(42)26(41)22(46-32)13-45-23(39)7-3-15-1-5-18(35)20(37)11-15/h1-12,17,22,25-32,34-38,41-43H,13-14H2. The van der Waals surface area contributed by atoms with Crippen LogP contribution in [0.15, 0.2) is 60.9 Å². The smallest absolute Gasteiger partial charge is 0.331 e. The summed E-state index contributed by atoms with van der Waals surface area (Å²) in [4.78, 5) is 25.1. The summed E-state index contributed by atoms with van der Waals surface area (Å²) in [5.41, 5.74) is -0.446. The molecule has 3 fully saturated rings. The first kappa shape index (κ1) is 34.2. The van der Waals surface area contributed by atoms with Gasteiger partial charge in [-0.1, -0.05) is 12.1 Å². The van der Waals surface area contributed by atoms with E-state index < -0.39 is 91.8 Å². The van der Waals surface area contributed by atoms with Gasteiger partial charge in [-0.15, -0.1) is 0 Å². The average molecular weight is 687 g/mol. The second kappa shape index (κ2) is 13.7. The third kappa shape index (κ3) is 6.80. The number of rotatable bonds is 10. The maximum atomic E-state index is 12.8. The number of esters is 2. The maximum absolute atomic E-state index is 12.8. The molecule has 0 amide bonds. The van der Waals surface area contributed by atoms with Crippen molar-refractivity contribution in [2.24, 2.45) is 11.8 Å². The number of aliphatic hydroxyl groups excluding tert-OH is 4. The van der Waals surface area contributed by atoms with Crippen molar-refractivity contribution >= 4 is 24.1 Å². The summed E-state index contributed by atoms with van der Waals surface area (Å²) in [5.74, 6) is -4.41. The summed E-state index contributed by atoms with van der Waals surface area (Å²) in [5, 5.41) is 80.3. The number of benzene rings is 2. The molecule has 11 atom stereocenters. The molecule has 16 heteroatoms. The Hall–Kier alpha value is -4.68. The first-order chi connectivity index (χ1) is 23.4. The van der Waals surface area contributed by atoms with Gasteiger partial charge < -0.3 is 69.3 Å². The molecular formula is C33H34O16. The van der Waals surface area contributed by atoms with Crippen molar-refractivity contribution < 1.29 is 78.9 Å². The molecule has 2 aromatic carbocycles. The van der Waals surface area contributed by atoms with Gasteiger partial charge in [-0.2, -0.15) is 0 Å².